The van der Waals surface area contributed by atoms with Gasteiger partial charge in [0.25, 0.3) is 0 Å². The van der Waals surface area contributed by atoms with Crippen LogP contribution in [0.3, 0.4) is 0 Å². The van der Waals surface area contributed by atoms with Crippen molar-refractivity contribution in [1.29, 1.82) is 0 Å². The fraction of sp³-hybridized carbons (Fsp3) is 0.571. The molecule has 31 heavy (non-hydrogen) atoms. The van der Waals surface area contributed by atoms with E-state index in [-0.39, 0.29) is 0 Å². The Balaban J connectivity index is 1.34. The zero-order valence-electron chi connectivity index (χ0n) is 19.1. The molecule has 0 bridgehead atoms. The molecule has 168 valence electrons. The maximum Gasteiger partial charge on any atom is 0.159 e. The van der Waals surface area contributed by atoms with E-state index < -0.39 is 20.4 Å². The molecule has 1 saturated heterocycles. The number of hydrogen-bond acceptors (Lipinski definition) is 0. The van der Waals surface area contributed by atoms with Crippen LogP contribution in [0.2, 0.25) is 18.1 Å². The molecule has 0 nitrogen and oxygen atoms in total. The normalized spacial score (nSPS) is 26.7. The average molecular weight is 441 g/mol. The SMILES string of the molecule is CCCCC[SiH]1CCC([C@H]2CC[C@H](c3ccccc3-c3ccc(F)c(F)c3)CC2)CC1. The highest BCUT2D eigenvalue weighted by atomic mass is 28.3. The van der Waals surface area contributed by atoms with Crippen molar-refractivity contribution in [1.82, 2.24) is 0 Å². The summed E-state index contributed by atoms with van der Waals surface area (Å²) >= 11 is 0. The molecular weight excluding hydrogens is 402 g/mol. The van der Waals surface area contributed by atoms with E-state index in [1.165, 1.54) is 75.5 Å². The van der Waals surface area contributed by atoms with E-state index in [1.54, 1.807) is 24.2 Å². The second-order valence-corrected chi connectivity index (χ2v) is 13.6. The third-order valence-corrected chi connectivity index (χ3v) is 11.7. The summed E-state index contributed by atoms with van der Waals surface area (Å²) in [6.07, 6.45) is 12.4. The molecule has 2 aromatic rings. The van der Waals surface area contributed by atoms with Crippen molar-refractivity contribution in [3.8, 4) is 11.1 Å². The van der Waals surface area contributed by atoms with Gasteiger partial charge < -0.3 is 0 Å². The summed E-state index contributed by atoms with van der Waals surface area (Å²) in [6.45, 7) is 2.31. The van der Waals surface area contributed by atoms with Crippen LogP contribution in [0.5, 0.6) is 0 Å². The third kappa shape index (κ3) is 5.66. The second kappa shape index (κ2) is 10.9. The van der Waals surface area contributed by atoms with Gasteiger partial charge in [0.1, 0.15) is 0 Å². The lowest BCUT2D eigenvalue weighted by Gasteiger charge is -2.38. The molecule has 1 aliphatic carbocycles. The first-order chi connectivity index (χ1) is 15.2. The lowest BCUT2D eigenvalue weighted by Crippen LogP contribution is -2.28. The molecule has 1 aliphatic heterocycles. The predicted molar refractivity (Wildman–Crippen MR) is 130 cm³/mol. The van der Waals surface area contributed by atoms with Gasteiger partial charge >= 0.3 is 0 Å². The summed E-state index contributed by atoms with van der Waals surface area (Å²) in [5.74, 6) is 0.893. The first-order valence-corrected chi connectivity index (χ1v) is 15.1. The molecule has 0 spiro atoms. The van der Waals surface area contributed by atoms with E-state index in [2.05, 4.69) is 25.1 Å². The van der Waals surface area contributed by atoms with Gasteiger partial charge in [0, 0.05) is 8.80 Å². The summed E-state index contributed by atoms with van der Waals surface area (Å²) in [5, 5.41) is 0. The first kappa shape index (κ1) is 22.7. The van der Waals surface area contributed by atoms with E-state index in [1.807, 2.05) is 6.07 Å². The Morgan fingerprint density at radius 3 is 2.23 bits per heavy atom. The van der Waals surface area contributed by atoms with Crippen LogP contribution in [0.25, 0.3) is 11.1 Å². The molecule has 2 aromatic carbocycles. The minimum Gasteiger partial charge on any atom is -0.204 e. The molecule has 0 aromatic heterocycles. The third-order valence-electron chi connectivity index (χ3n) is 8.18. The Bertz CT molecular complexity index is 833. The molecule has 0 radical (unpaired) electrons. The van der Waals surface area contributed by atoms with Gasteiger partial charge in [-0.2, -0.15) is 0 Å². The zero-order chi connectivity index (χ0) is 21.6. The van der Waals surface area contributed by atoms with Gasteiger partial charge in [-0.3, -0.25) is 0 Å². The second-order valence-electron chi connectivity index (χ2n) is 10.1. The smallest absolute Gasteiger partial charge is 0.159 e. The molecule has 0 unspecified atom stereocenters. The Labute approximate surface area is 189 Å². The summed E-state index contributed by atoms with van der Waals surface area (Å²) in [7, 11) is -0.419. The van der Waals surface area contributed by atoms with Crippen LogP contribution in [0.15, 0.2) is 42.5 Å². The lowest BCUT2D eigenvalue weighted by atomic mass is 9.71. The molecule has 4 rings (SSSR count). The van der Waals surface area contributed by atoms with Crippen molar-refractivity contribution in [2.45, 2.75) is 88.8 Å². The van der Waals surface area contributed by atoms with Crippen LogP contribution in [-0.2, 0) is 0 Å². The molecule has 3 heteroatoms. The van der Waals surface area contributed by atoms with Gasteiger partial charge in [-0.25, -0.2) is 8.78 Å². The van der Waals surface area contributed by atoms with Crippen LogP contribution in [-0.4, -0.2) is 8.80 Å². The van der Waals surface area contributed by atoms with E-state index in [9.17, 15) is 8.78 Å². The molecule has 1 saturated carbocycles. The fourth-order valence-electron chi connectivity index (χ4n) is 6.31. The molecule has 0 atom stereocenters. The Morgan fingerprint density at radius 2 is 1.52 bits per heavy atom. The van der Waals surface area contributed by atoms with Gasteiger partial charge in [0.05, 0.1) is 0 Å². The monoisotopic (exact) mass is 440 g/mol. The summed E-state index contributed by atoms with van der Waals surface area (Å²) in [6, 6.07) is 17.5. The summed E-state index contributed by atoms with van der Waals surface area (Å²) in [4.78, 5) is 0. The van der Waals surface area contributed by atoms with Crippen molar-refractivity contribution in [2.75, 3.05) is 0 Å². The Hall–Kier alpha value is -1.48. The Kier molecular flexibility index (Phi) is 7.98. The summed E-state index contributed by atoms with van der Waals surface area (Å²) < 4.78 is 27.3. The predicted octanol–water partition coefficient (Wildman–Crippen LogP) is 8.73. The standard InChI is InChI=1S/C28H38F2Si/c1-2-3-6-17-31-18-15-22(16-19-31)21-9-11-23(12-10-21)25-7-4-5-8-26(25)24-13-14-27(29)28(30)20-24/h4-5,7-8,13-14,20-23,31H,2-3,6,9-12,15-19H2,1H3/t21-,22?,23-,31?. The maximum absolute atomic E-state index is 13.8. The number of halogens is 2. The van der Waals surface area contributed by atoms with E-state index in [4.69, 9.17) is 0 Å². The highest BCUT2D eigenvalue weighted by Crippen LogP contribution is 2.45. The highest BCUT2D eigenvalue weighted by molar-refractivity contribution is 6.58. The molecule has 0 N–H and O–H groups in total. The van der Waals surface area contributed by atoms with Gasteiger partial charge in [-0.15, -0.1) is 0 Å². The molecule has 2 fully saturated rings. The maximum atomic E-state index is 13.8. The Morgan fingerprint density at radius 1 is 0.806 bits per heavy atom. The van der Waals surface area contributed by atoms with Crippen molar-refractivity contribution in [3.63, 3.8) is 0 Å². The topological polar surface area (TPSA) is 0 Å². The van der Waals surface area contributed by atoms with Crippen LogP contribution in [0.1, 0.15) is 76.2 Å². The van der Waals surface area contributed by atoms with Crippen molar-refractivity contribution >= 4 is 8.80 Å². The summed E-state index contributed by atoms with van der Waals surface area (Å²) in [5.41, 5.74) is 3.19. The van der Waals surface area contributed by atoms with Crippen LogP contribution < -0.4 is 0 Å². The van der Waals surface area contributed by atoms with Crippen molar-refractivity contribution in [3.05, 3.63) is 59.7 Å². The molecule has 2 aliphatic rings. The number of unbranched alkanes of at least 4 members (excludes halogenated alkanes) is 2. The average Bonchev–Trinajstić information content (AvgIpc) is 2.82. The van der Waals surface area contributed by atoms with Crippen molar-refractivity contribution in [2.24, 2.45) is 11.8 Å². The number of rotatable bonds is 7. The quantitative estimate of drug-likeness (QED) is 0.298. The lowest BCUT2D eigenvalue weighted by molar-refractivity contribution is 0.216. The van der Waals surface area contributed by atoms with Crippen LogP contribution in [0, 0.1) is 23.5 Å². The van der Waals surface area contributed by atoms with Gasteiger partial charge in [-0.1, -0.05) is 87.5 Å². The minimum atomic E-state index is -0.773. The molecule has 1 heterocycles. The minimum absolute atomic E-state index is 0.419. The fourth-order valence-corrected chi connectivity index (χ4v) is 9.84. The first-order valence-electron chi connectivity index (χ1n) is 12.7. The number of benzene rings is 2. The van der Waals surface area contributed by atoms with E-state index in [0.717, 1.165) is 23.0 Å². The van der Waals surface area contributed by atoms with E-state index >= 15 is 0 Å². The van der Waals surface area contributed by atoms with Gasteiger partial charge in [0.2, 0.25) is 0 Å². The van der Waals surface area contributed by atoms with Crippen LogP contribution >= 0.6 is 0 Å². The largest absolute Gasteiger partial charge is 0.204 e. The van der Waals surface area contributed by atoms with Gasteiger partial charge in [0.15, 0.2) is 11.6 Å². The molecular formula is C28H38F2Si. The highest BCUT2D eigenvalue weighted by Gasteiger charge is 2.32. The van der Waals surface area contributed by atoms with Crippen molar-refractivity contribution < 1.29 is 8.78 Å². The van der Waals surface area contributed by atoms with Crippen LogP contribution in [0.4, 0.5) is 8.78 Å². The zero-order valence-corrected chi connectivity index (χ0v) is 20.2. The van der Waals surface area contributed by atoms with E-state index in [0.29, 0.717) is 5.92 Å². The number of hydrogen-bond donors (Lipinski definition) is 0. The molecule has 0 amide bonds. The van der Waals surface area contributed by atoms with Gasteiger partial charge in [-0.05, 0) is 72.3 Å².